The molecule has 8 aromatic rings. The highest BCUT2D eigenvalue weighted by atomic mass is 16.2. The van der Waals surface area contributed by atoms with Crippen molar-refractivity contribution in [3.05, 3.63) is 212 Å². The molecule has 452 valence electrons. The predicted molar refractivity (Wildman–Crippen MR) is 353 cm³/mol. The van der Waals surface area contributed by atoms with Crippen molar-refractivity contribution >= 4 is 68.7 Å². The molecular formula is C76H84N8O4. The largest absolute Gasteiger partial charge is 0.354 e. The number of carbonyl (C=O) groups excluding carboxylic acids is 4. The molecule has 5 heterocycles. The van der Waals surface area contributed by atoms with Crippen molar-refractivity contribution in [3.63, 3.8) is 0 Å². The minimum atomic E-state index is -0.498. The molecule has 8 N–H and O–H groups in total. The zero-order valence-corrected chi connectivity index (χ0v) is 51.6. The Labute approximate surface area is 516 Å². The van der Waals surface area contributed by atoms with Gasteiger partial charge in [-0.2, -0.15) is 0 Å². The first-order valence-electron chi connectivity index (χ1n) is 32.6. The van der Waals surface area contributed by atoms with Gasteiger partial charge in [-0.05, 0) is 124 Å². The maximum absolute atomic E-state index is 14.6. The first-order valence-corrected chi connectivity index (χ1v) is 32.6. The van der Waals surface area contributed by atoms with Gasteiger partial charge in [-0.3, -0.25) is 19.2 Å². The predicted octanol–water partition coefficient (Wildman–Crippen LogP) is 13.9. The second-order valence-electron chi connectivity index (χ2n) is 27.1. The van der Waals surface area contributed by atoms with Gasteiger partial charge in [0.25, 0.3) is 0 Å². The average molecular weight is 1170 g/mol. The fraction of sp³-hybridized carbons (Fsp3) is 0.368. The molecule has 4 amide bonds. The quantitative estimate of drug-likeness (QED) is 0.0607. The summed E-state index contributed by atoms with van der Waals surface area (Å²) >= 11 is 0. The highest BCUT2D eigenvalue weighted by molar-refractivity contribution is 6.03. The Morgan fingerprint density at radius 3 is 0.693 bits per heavy atom. The van der Waals surface area contributed by atoms with Crippen LogP contribution < -0.4 is 42.7 Å². The number of benzene rings is 4. The Hall–Kier alpha value is -8.64. The summed E-state index contributed by atoms with van der Waals surface area (Å²) < 4.78 is 0. The van der Waals surface area contributed by atoms with Crippen molar-refractivity contribution in [1.82, 2.24) is 19.9 Å². The maximum Gasteiger partial charge on any atom is 0.230 e. The first-order chi connectivity index (χ1) is 42.7. The monoisotopic (exact) mass is 1170 g/mol. The fourth-order valence-corrected chi connectivity index (χ4v) is 15.1. The molecule has 4 fully saturated rings. The van der Waals surface area contributed by atoms with Crippen LogP contribution in [0.2, 0.25) is 0 Å². The van der Waals surface area contributed by atoms with E-state index < -0.39 is 21.7 Å². The van der Waals surface area contributed by atoms with Crippen LogP contribution in [0.1, 0.15) is 201 Å². The third kappa shape index (κ3) is 11.3. The van der Waals surface area contributed by atoms with E-state index in [0.717, 1.165) is 217 Å². The number of H-pyrrole nitrogens is 4. The number of anilines is 4. The van der Waals surface area contributed by atoms with E-state index in [1.807, 2.05) is 72.8 Å². The van der Waals surface area contributed by atoms with Crippen LogP contribution in [-0.2, 0) is 19.2 Å². The van der Waals surface area contributed by atoms with Crippen molar-refractivity contribution in [2.24, 2.45) is 21.7 Å². The number of aromatic nitrogens is 4. The molecule has 0 radical (unpaired) electrons. The number of aromatic amines is 4. The number of carbonyl (C=O) groups is 4. The number of fused-ring (bicyclic) bond motifs is 8. The minimum absolute atomic E-state index is 0.0188. The van der Waals surface area contributed by atoms with E-state index in [4.69, 9.17) is 0 Å². The van der Waals surface area contributed by atoms with Gasteiger partial charge in [0.05, 0.1) is 0 Å². The van der Waals surface area contributed by atoms with E-state index >= 15 is 0 Å². The Kier molecular flexibility index (Phi) is 16.0. The summed E-state index contributed by atoms with van der Waals surface area (Å²) in [7, 11) is 0. The molecule has 4 aliphatic carbocycles. The molecule has 0 saturated heterocycles. The Balaban J connectivity index is 1.08. The lowest BCUT2D eigenvalue weighted by Gasteiger charge is -2.32. The zero-order valence-electron chi connectivity index (χ0n) is 51.6. The smallest absolute Gasteiger partial charge is 0.230 e. The lowest BCUT2D eigenvalue weighted by atomic mass is 9.75. The molecule has 0 unspecified atom stereocenters. The van der Waals surface area contributed by atoms with Gasteiger partial charge in [0.15, 0.2) is 0 Å². The first kappa shape index (κ1) is 58.4. The van der Waals surface area contributed by atoms with E-state index in [1.54, 1.807) is 0 Å². The number of hydrogen-bond donors (Lipinski definition) is 8. The lowest BCUT2D eigenvalue weighted by Crippen LogP contribution is -2.35. The Bertz CT molecular complexity index is 3700. The van der Waals surface area contributed by atoms with Gasteiger partial charge in [-0.1, -0.05) is 178 Å². The second-order valence-corrected chi connectivity index (χ2v) is 27.1. The lowest BCUT2D eigenvalue weighted by molar-refractivity contribution is -0.127. The molecule has 8 bridgehead atoms. The molecule has 4 saturated carbocycles. The molecule has 88 heavy (non-hydrogen) atoms. The van der Waals surface area contributed by atoms with E-state index in [-0.39, 0.29) is 23.6 Å². The number of amides is 4. The van der Waals surface area contributed by atoms with Crippen LogP contribution in [0.25, 0.3) is 22.3 Å². The number of hydrogen-bond acceptors (Lipinski definition) is 4. The number of nitrogens with one attached hydrogen (secondary N) is 8. The third-order valence-electron chi connectivity index (χ3n) is 20.7. The summed E-state index contributed by atoms with van der Waals surface area (Å²) in [6.45, 7) is 8.41. The maximum atomic E-state index is 14.6. The van der Waals surface area contributed by atoms with Gasteiger partial charge < -0.3 is 41.2 Å². The molecule has 0 atom stereocenters. The minimum Gasteiger partial charge on any atom is -0.354 e. The highest BCUT2D eigenvalue weighted by Crippen LogP contribution is 2.43. The molecule has 0 spiro atoms. The van der Waals surface area contributed by atoms with Crippen LogP contribution in [-0.4, -0.2) is 43.6 Å². The second kappa shape index (κ2) is 24.1. The molecule has 4 aromatic heterocycles. The Morgan fingerprint density at radius 2 is 0.477 bits per heavy atom. The SMILES string of the molecule is CC1(C(=O)Nc2ccccc2C2=c3ccc([nH]3)=C(c3ccccc3NC(=O)C3(C)CCCCC3)c3ccc([nH]3)C(c3ccccc3NC(=O)C3(C)CCCCC3)=c3ccc([nH]3)=C(c3ccccc3NC(=O)C3(C)CCCCC3)c3ccc2[nH]3)CCCCC1. The van der Waals surface area contributed by atoms with Crippen LogP contribution in [0.5, 0.6) is 0 Å². The molecule has 5 aliphatic rings. The van der Waals surface area contributed by atoms with Crippen LogP contribution in [0.4, 0.5) is 22.7 Å². The van der Waals surface area contributed by atoms with Crippen molar-refractivity contribution in [1.29, 1.82) is 0 Å². The summed E-state index contributed by atoms with van der Waals surface area (Å²) in [6, 6.07) is 49.2. The summed E-state index contributed by atoms with van der Waals surface area (Å²) in [4.78, 5) is 74.3. The molecule has 13 rings (SSSR count). The number of rotatable bonds is 12. The molecule has 1 aliphatic heterocycles. The van der Waals surface area contributed by atoms with Crippen LogP contribution in [0.3, 0.4) is 0 Å². The van der Waals surface area contributed by atoms with Gasteiger partial charge in [-0.25, -0.2) is 0 Å². The van der Waals surface area contributed by atoms with E-state index in [0.29, 0.717) is 22.7 Å². The average Bonchev–Trinajstić information content (AvgIpc) is 2.60. The van der Waals surface area contributed by atoms with Crippen molar-refractivity contribution < 1.29 is 19.2 Å². The zero-order chi connectivity index (χ0) is 60.6. The fourth-order valence-electron chi connectivity index (χ4n) is 15.1. The van der Waals surface area contributed by atoms with Crippen LogP contribution in [0.15, 0.2) is 146 Å². The van der Waals surface area contributed by atoms with Crippen LogP contribution in [0, 0.1) is 21.7 Å². The van der Waals surface area contributed by atoms with Crippen molar-refractivity contribution in [2.75, 3.05) is 21.3 Å². The van der Waals surface area contributed by atoms with Gasteiger partial charge in [0, 0.05) is 133 Å². The number of para-hydroxylation sites is 4. The van der Waals surface area contributed by atoms with Gasteiger partial charge in [0.1, 0.15) is 0 Å². The highest BCUT2D eigenvalue weighted by Gasteiger charge is 2.39. The summed E-state index contributed by atoms with van der Waals surface area (Å²) in [5.74, 6) is 0.0752. The third-order valence-corrected chi connectivity index (χ3v) is 20.7. The molecular weight excluding hydrogens is 1090 g/mol. The summed E-state index contributed by atoms with van der Waals surface area (Å²) in [5.41, 5.74) is 10.6. The summed E-state index contributed by atoms with van der Waals surface area (Å²) in [6.07, 6.45) is 19.3. The topological polar surface area (TPSA) is 180 Å². The standard InChI is InChI=1S/C76H84N8O4/c1-73(41-17-5-18-42-73)69(85)81-53-29-13-9-25-49(53)65-57-33-35-59(77-57)66(50-26-10-14-30-54(50)82-70(86)74(2)43-19-6-20-44-74)61-37-39-63(79-61)68(52-28-12-16-32-56(52)84-72(88)76(4)47-23-8-24-48-76)64-40-38-62(80-64)67(60-36-34-58(65)78-60)51-27-11-15-31-55(51)83-71(87)75(3)45-21-7-22-46-75/h9-16,25-40,77-80H,5-8,17-24,41-48H2,1-4H3,(H,81,85)(H,82,86)(H,83,87)(H,84,88). The van der Waals surface area contributed by atoms with Crippen molar-refractivity contribution in [3.8, 4) is 0 Å². The summed E-state index contributed by atoms with van der Waals surface area (Å²) in [5, 5.41) is 17.0. The Morgan fingerprint density at radius 1 is 0.273 bits per heavy atom. The van der Waals surface area contributed by atoms with Gasteiger partial charge in [0.2, 0.25) is 23.6 Å². The van der Waals surface area contributed by atoms with E-state index in [1.165, 1.54) is 0 Å². The van der Waals surface area contributed by atoms with Gasteiger partial charge >= 0.3 is 0 Å². The van der Waals surface area contributed by atoms with Crippen molar-refractivity contribution in [2.45, 2.75) is 156 Å². The van der Waals surface area contributed by atoms with Gasteiger partial charge in [-0.15, -0.1) is 0 Å². The molecule has 12 nitrogen and oxygen atoms in total. The van der Waals surface area contributed by atoms with Crippen LogP contribution >= 0.6 is 0 Å². The van der Waals surface area contributed by atoms with E-state index in [9.17, 15) is 19.2 Å². The normalized spacial score (nSPS) is 18.7. The molecule has 4 aromatic carbocycles. The molecule has 12 heteroatoms. The van der Waals surface area contributed by atoms with E-state index in [2.05, 4.69) is 142 Å².